The van der Waals surface area contributed by atoms with Crippen molar-refractivity contribution in [2.24, 2.45) is 0 Å². The number of hydrogen-bond donors (Lipinski definition) is 1. The van der Waals surface area contributed by atoms with Gasteiger partial charge in [-0.05, 0) is 72.2 Å². The van der Waals surface area contributed by atoms with Crippen LogP contribution in [0.25, 0.3) is 10.9 Å². The number of benzene rings is 1. The number of para-hydroxylation sites is 1. The summed E-state index contributed by atoms with van der Waals surface area (Å²) in [4.78, 5) is 19.0. The van der Waals surface area contributed by atoms with Crippen LogP contribution in [0, 0.1) is 6.92 Å². The summed E-state index contributed by atoms with van der Waals surface area (Å²) in [5, 5.41) is 13.8. The molecule has 37 heavy (non-hydrogen) atoms. The summed E-state index contributed by atoms with van der Waals surface area (Å²) < 4.78 is 19.4. The number of nitrogens with zero attached hydrogens (tertiary/aromatic N) is 5. The molecule has 0 unspecified atom stereocenters. The minimum atomic E-state index is -0.514. The number of aromatic amines is 1. The second kappa shape index (κ2) is 10.6. The fourth-order valence-corrected chi connectivity index (χ4v) is 5.53. The van der Waals surface area contributed by atoms with Crippen LogP contribution in [-0.4, -0.2) is 62.1 Å². The van der Waals surface area contributed by atoms with Crippen LogP contribution in [0.3, 0.4) is 0 Å². The molecule has 2 aliphatic rings. The van der Waals surface area contributed by atoms with E-state index in [1.807, 2.05) is 43.3 Å². The standard InChI is InChI=1S/C27H32N6O4/c1-18-6-2-7-19-14-23(27(34)28-24(18)19)25(26-29-30-31-33(26)17-22-10-5-13-37-22)32(15-20-8-3-11-35-20)16-21-9-4-12-36-21/h2-3,6-8,11,14,21-22,25H,4-5,9-10,12-13,15-17H2,1H3,(H,28,34)/t21-,22-,25-/m0/s1. The first kappa shape index (κ1) is 24.0. The molecule has 6 rings (SSSR count). The molecule has 10 heteroatoms. The van der Waals surface area contributed by atoms with Crippen molar-refractivity contribution in [3.05, 3.63) is 75.7 Å². The van der Waals surface area contributed by atoms with Crippen molar-refractivity contribution >= 4 is 10.9 Å². The Hall–Kier alpha value is -3.34. The van der Waals surface area contributed by atoms with Gasteiger partial charge in [-0.1, -0.05) is 18.2 Å². The molecule has 0 spiro atoms. The van der Waals surface area contributed by atoms with Gasteiger partial charge in [-0.2, -0.15) is 0 Å². The second-order valence-corrected chi connectivity index (χ2v) is 9.99. The maximum absolute atomic E-state index is 13.7. The van der Waals surface area contributed by atoms with E-state index in [1.54, 1.807) is 10.9 Å². The predicted molar refractivity (Wildman–Crippen MR) is 136 cm³/mol. The van der Waals surface area contributed by atoms with Crippen molar-refractivity contribution in [3.8, 4) is 0 Å². The molecular weight excluding hydrogens is 472 g/mol. The Morgan fingerprint density at radius 2 is 1.97 bits per heavy atom. The van der Waals surface area contributed by atoms with Crippen molar-refractivity contribution in [1.82, 2.24) is 30.1 Å². The van der Waals surface area contributed by atoms with Crippen LogP contribution in [0.1, 0.15) is 54.4 Å². The Bertz CT molecular complexity index is 1390. The molecule has 194 valence electrons. The molecule has 0 amide bonds. The molecule has 10 nitrogen and oxygen atoms in total. The van der Waals surface area contributed by atoms with Gasteiger partial charge in [0.05, 0.1) is 37.1 Å². The zero-order chi connectivity index (χ0) is 25.2. The van der Waals surface area contributed by atoms with Gasteiger partial charge >= 0.3 is 0 Å². The van der Waals surface area contributed by atoms with Crippen molar-refractivity contribution < 1.29 is 13.9 Å². The average Bonchev–Trinajstić information content (AvgIpc) is 3.71. The van der Waals surface area contributed by atoms with Crippen LogP contribution >= 0.6 is 0 Å². The molecule has 1 N–H and O–H groups in total. The number of pyridine rings is 1. The predicted octanol–water partition coefficient (Wildman–Crippen LogP) is 3.37. The SMILES string of the molecule is Cc1cccc2cc([C@@H](c3nnnn3C[C@@H]3CCCO3)N(Cc3ccco3)C[C@@H]3CCCO3)c(=O)[nH]c12. The molecule has 0 aliphatic carbocycles. The fraction of sp³-hybridized carbons (Fsp3) is 0.481. The van der Waals surface area contributed by atoms with Crippen LogP contribution in [0.4, 0.5) is 0 Å². The van der Waals surface area contributed by atoms with Gasteiger partial charge in [0.25, 0.3) is 5.56 Å². The zero-order valence-electron chi connectivity index (χ0n) is 21.0. The molecule has 0 bridgehead atoms. The topological polar surface area (TPSA) is 111 Å². The normalized spacial score (nSPS) is 20.8. The second-order valence-electron chi connectivity index (χ2n) is 9.99. The number of fused-ring (bicyclic) bond motifs is 1. The molecule has 0 saturated carbocycles. The Morgan fingerprint density at radius 1 is 1.14 bits per heavy atom. The molecule has 2 saturated heterocycles. The molecule has 2 aliphatic heterocycles. The van der Waals surface area contributed by atoms with Crippen LogP contribution in [0.15, 0.2) is 51.9 Å². The summed E-state index contributed by atoms with van der Waals surface area (Å²) >= 11 is 0. The number of furan rings is 1. The molecule has 4 aromatic rings. The van der Waals surface area contributed by atoms with Gasteiger partial charge < -0.3 is 18.9 Å². The summed E-state index contributed by atoms with van der Waals surface area (Å²) in [6.07, 6.45) is 5.76. The van der Waals surface area contributed by atoms with Gasteiger partial charge in [0.2, 0.25) is 0 Å². The highest BCUT2D eigenvalue weighted by Crippen LogP contribution is 2.31. The molecular formula is C27H32N6O4. The van der Waals surface area contributed by atoms with Gasteiger partial charge in [-0.25, -0.2) is 4.68 Å². The van der Waals surface area contributed by atoms with Crippen LogP contribution in [-0.2, 0) is 22.6 Å². The highest BCUT2D eigenvalue weighted by atomic mass is 16.5. The summed E-state index contributed by atoms with van der Waals surface area (Å²) in [5.74, 6) is 1.41. The van der Waals surface area contributed by atoms with Gasteiger partial charge in [0, 0.05) is 25.3 Å². The quantitative estimate of drug-likeness (QED) is 0.369. The number of hydrogen-bond acceptors (Lipinski definition) is 8. The first-order valence-electron chi connectivity index (χ1n) is 13.0. The van der Waals surface area contributed by atoms with Crippen LogP contribution in [0.5, 0.6) is 0 Å². The third-order valence-electron chi connectivity index (χ3n) is 7.38. The Labute approximate surface area is 214 Å². The number of rotatable bonds is 9. The van der Waals surface area contributed by atoms with E-state index in [4.69, 9.17) is 13.9 Å². The van der Waals surface area contributed by atoms with Gasteiger partial charge in [-0.15, -0.1) is 5.10 Å². The Balaban J connectivity index is 1.47. The lowest BCUT2D eigenvalue weighted by molar-refractivity contribution is 0.0528. The highest BCUT2D eigenvalue weighted by molar-refractivity contribution is 5.82. The monoisotopic (exact) mass is 504 g/mol. The smallest absolute Gasteiger partial charge is 0.253 e. The molecule has 2 fully saturated rings. The molecule has 3 atom stereocenters. The van der Waals surface area contributed by atoms with Gasteiger partial charge in [-0.3, -0.25) is 9.69 Å². The van der Waals surface area contributed by atoms with E-state index in [-0.39, 0.29) is 17.8 Å². The van der Waals surface area contributed by atoms with E-state index in [0.29, 0.717) is 31.0 Å². The third-order valence-corrected chi connectivity index (χ3v) is 7.38. The van der Waals surface area contributed by atoms with E-state index >= 15 is 0 Å². The largest absolute Gasteiger partial charge is 0.468 e. The number of aromatic nitrogens is 5. The maximum atomic E-state index is 13.7. The van der Waals surface area contributed by atoms with Crippen molar-refractivity contribution in [2.45, 2.75) is 63.9 Å². The summed E-state index contributed by atoms with van der Waals surface area (Å²) in [7, 11) is 0. The lowest BCUT2D eigenvalue weighted by Crippen LogP contribution is -2.39. The molecule has 3 aromatic heterocycles. The minimum absolute atomic E-state index is 0.0529. The third kappa shape index (κ3) is 5.09. The Kier molecular flexibility index (Phi) is 6.86. The van der Waals surface area contributed by atoms with Crippen molar-refractivity contribution in [3.63, 3.8) is 0 Å². The lowest BCUT2D eigenvalue weighted by atomic mass is 10.0. The van der Waals surface area contributed by atoms with Gasteiger partial charge in [0.15, 0.2) is 5.82 Å². The molecule has 5 heterocycles. The number of ether oxygens (including phenoxy) is 2. The van der Waals surface area contributed by atoms with Crippen molar-refractivity contribution in [1.29, 1.82) is 0 Å². The van der Waals surface area contributed by atoms with E-state index in [2.05, 4.69) is 25.4 Å². The van der Waals surface area contributed by atoms with Gasteiger partial charge in [0.1, 0.15) is 11.8 Å². The van der Waals surface area contributed by atoms with E-state index in [0.717, 1.165) is 61.1 Å². The van der Waals surface area contributed by atoms with E-state index < -0.39 is 6.04 Å². The zero-order valence-corrected chi connectivity index (χ0v) is 21.0. The lowest BCUT2D eigenvalue weighted by Gasteiger charge is -2.32. The minimum Gasteiger partial charge on any atom is -0.468 e. The average molecular weight is 505 g/mol. The van der Waals surface area contributed by atoms with E-state index in [9.17, 15) is 4.79 Å². The summed E-state index contributed by atoms with van der Waals surface area (Å²) in [6, 6.07) is 11.3. The Morgan fingerprint density at radius 3 is 2.73 bits per heavy atom. The summed E-state index contributed by atoms with van der Waals surface area (Å²) in [6.45, 7) is 5.13. The number of tetrazole rings is 1. The number of aryl methyl sites for hydroxylation is 1. The first-order chi connectivity index (χ1) is 18.2. The van der Waals surface area contributed by atoms with Crippen molar-refractivity contribution in [2.75, 3.05) is 19.8 Å². The molecule has 1 aromatic carbocycles. The summed E-state index contributed by atoms with van der Waals surface area (Å²) in [5.41, 5.74) is 2.29. The number of nitrogens with one attached hydrogen (secondary N) is 1. The first-order valence-corrected chi connectivity index (χ1v) is 13.0. The fourth-order valence-electron chi connectivity index (χ4n) is 5.53. The van der Waals surface area contributed by atoms with Crippen LogP contribution < -0.4 is 5.56 Å². The van der Waals surface area contributed by atoms with E-state index in [1.165, 1.54) is 0 Å². The highest BCUT2D eigenvalue weighted by Gasteiger charge is 2.34. The maximum Gasteiger partial charge on any atom is 0.253 e. The number of H-pyrrole nitrogens is 1. The molecule has 0 radical (unpaired) electrons. The van der Waals surface area contributed by atoms with Crippen LogP contribution in [0.2, 0.25) is 0 Å².